The molecule has 2 heterocycles. The van der Waals surface area contributed by atoms with Crippen LogP contribution in [0.15, 0.2) is 78.9 Å². The standard InChI is InChI=1S/C28H30FN5O3S/c1-37-25-13-7-21(8-14-25)27-26(31-28(32-27)22-5-3-2-4-6-22)15-16-30-38(35,36)34-19-17-33(18-20-34)24-11-9-23(29)10-12-24/h2-14,30H,15-20H2,1H3,(H,31,32). The van der Waals surface area contributed by atoms with Crippen molar-refractivity contribution in [1.82, 2.24) is 19.0 Å². The number of benzene rings is 3. The van der Waals surface area contributed by atoms with Gasteiger partial charge in [0.05, 0.1) is 18.5 Å². The summed E-state index contributed by atoms with van der Waals surface area (Å²) in [4.78, 5) is 10.3. The number of hydrogen-bond donors (Lipinski definition) is 2. The van der Waals surface area contributed by atoms with Gasteiger partial charge in [-0.3, -0.25) is 0 Å². The molecule has 10 heteroatoms. The first-order valence-corrected chi connectivity index (χ1v) is 13.9. The first-order valence-electron chi connectivity index (χ1n) is 12.5. The first-order chi connectivity index (χ1) is 18.4. The molecule has 4 aromatic rings. The van der Waals surface area contributed by atoms with E-state index in [2.05, 4.69) is 14.6 Å². The van der Waals surface area contributed by atoms with Gasteiger partial charge in [0.15, 0.2) is 0 Å². The van der Waals surface area contributed by atoms with Crippen molar-refractivity contribution in [2.45, 2.75) is 6.42 Å². The van der Waals surface area contributed by atoms with E-state index in [-0.39, 0.29) is 12.4 Å². The summed E-state index contributed by atoms with van der Waals surface area (Å²) in [5.74, 6) is 1.19. The molecule has 0 unspecified atom stereocenters. The molecule has 38 heavy (non-hydrogen) atoms. The van der Waals surface area contributed by atoms with Crippen LogP contribution in [0.4, 0.5) is 10.1 Å². The highest BCUT2D eigenvalue weighted by Crippen LogP contribution is 2.28. The third-order valence-electron chi connectivity index (χ3n) is 6.62. The summed E-state index contributed by atoms with van der Waals surface area (Å²) in [6.07, 6.45) is 0.416. The Kier molecular flexibility index (Phi) is 7.73. The van der Waals surface area contributed by atoms with Crippen LogP contribution in [-0.4, -0.2) is 62.5 Å². The summed E-state index contributed by atoms with van der Waals surface area (Å²) in [5.41, 5.74) is 4.40. The fraction of sp³-hybridized carbons (Fsp3) is 0.250. The summed E-state index contributed by atoms with van der Waals surface area (Å²) >= 11 is 0. The molecular formula is C28H30FN5O3S. The van der Waals surface area contributed by atoms with Gasteiger partial charge >= 0.3 is 0 Å². The normalized spacial score (nSPS) is 14.5. The van der Waals surface area contributed by atoms with E-state index >= 15 is 0 Å². The number of methoxy groups -OCH3 is 1. The largest absolute Gasteiger partial charge is 0.497 e. The number of aromatic amines is 1. The minimum absolute atomic E-state index is 0.211. The molecule has 5 rings (SSSR count). The predicted molar refractivity (Wildman–Crippen MR) is 147 cm³/mol. The molecule has 0 atom stereocenters. The third-order valence-corrected chi connectivity index (χ3v) is 8.24. The number of halogens is 1. The molecule has 1 fully saturated rings. The van der Waals surface area contributed by atoms with Gasteiger partial charge in [0.25, 0.3) is 10.2 Å². The number of imidazole rings is 1. The zero-order valence-corrected chi connectivity index (χ0v) is 21.9. The Morgan fingerprint density at radius 3 is 2.26 bits per heavy atom. The summed E-state index contributed by atoms with van der Waals surface area (Å²) < 4.78 is 48.7. The van der Waals surface area contributed by atoms with Crippen LogP contribution in [0.3, 0.4) is 0 Å². The number of aromatic nitrogens is 2. The topological polar surface area (TPSA) is 90.6 Å². The molecule has 0 aliphatic carbocycles. The van der Waals surface area contributed by atoms with Gasteiger partial charge in [0.2, 0.25) is 0 Å². The average Bonchev–Trinajstić information content (AvgIpc) is 3.38. The first kappa shape index (κ1) is 25.9. The second-order valence-corrected chi connectivity index (χ2v) is 10.8. The molecule has 0 bridgehead atoms. The van der Waals surface area contributed by atoms with E-state index in [1.54, 1.807) is 19.2 Å². The lowest BCUT2D eigenvalue weighted by molar-refractivity contribution is 0.378. The summed E-state index contributed by atoms with van der Waals surface area (Å²) in [5, 5.41) is 0. The van der Waals surface area contributed by atoms with E-state index in [9.17, 15) is 12.8 Å². The van der Waals surface area contributed by atoms with Crippen LogP contribution in [-0.2, 0) is 16.6 Å². The van der Waals surface area contributed by atoms with Gasteiger partial charge in [-0.25, -0.2) is 14.1 Å². The number of hydrogen-bond acceptors (Lipinski definition) is 5. The van der Waals surface area contributed by atoms with Crippen LogP contribution in [0.25, 0.3) is 22.6 Å². The molecule has 8 nitrogen and oxygen atoms in total. The predicted octanol–water partition coefficient (Wildman–Crippen LogP) is 4.09. The van der Waals surface area contributed by atoms with Gasteiger partial charge < -0.3 is 14.6 Å². The van der Waals surface area contributed by atoms with Gasteiger partial charge in [-0.05, 0) is 48.5 Å². The lowest BCUT2D eigenvalue weighted by Crippen LogP contribution is -2.52. The second kappa shape index (κ2) is 11.3. The van der Waals surface area contributed by atoms with Crippen molar-refractivity contribution in [3.8, 4) is 28.4 Å². The Labute approximate surface area is 222 Å². The maximum Gasteiger partial charge on any atom is 0.279 e. The van der Waals surface area contributed by atoms with Gasteiger partial charge in [-0.1, -0.05) is 30.3 Å². The summed E-state index contributed by atoms with van der Waals surface area (Å²) in [6, 6.07) is 23.8. The maximum absolute atomic E-state index is 13.2. The molecule has 2 N–H and O–H groups in total. The molecule has 0 radical (unpaired) electrons. The molecule has 0 spiro atoms. The van der Waals surface area contributed by atoms with E-state index in [4.69, 9.17) is 9.72 Å². The molecule has 198 valence electrons. The van der Waals surface area contributed by atoms with Crippen molar-refractivity contribution >= 4 is 15.9 Å². The highest BCUT2D eigenvalue weighted by Gasteiger charge is 2.27. The van der Waals surface area contributed by atoms with Crippen LogP contribution in [0.2, 0.25) is 0 Å². The molecule has 0 saturated carbocycles. The van der Waals surface area contributed by atoms with Crippen LogP contribution in [0, 0.1) is 5.82 Å². The lowest BCUT2D eigenvalue weighted by atomic mass is 10.1. The number of anilines is 1. The van der Waals surface area contributed by atoms with Crippen molar-refractivity contribution in [1.29, 1.82) is 0 Å². The number of rotatable bonds is 9. The van der Waals surface area contributed by atoms with Crippen LogP contribution in [0.5, 0.6) is 5.75 Å². The maximum atomic E-state index is 13.2. The Morgan fingerprint density at radius 1 is 0.921 bits per heavy atom. The molecule has 0 amide bonds. The number of nitrogens with zero attached hydrogens (tertiary/aromatic N) is 3. The number of H-pyrrole nitrogens is 1. The molecule has 1 aliphatic rings. The van der Waals surface area contributed by atoms with E-state index in [1.165, 1.54) is 16.4 Å². The Bertz CT molecular complexity index is 1450. The quantitative estimate of drug-likeness (QED) is 0.337. The highest BCUT2D eigenvalue weighted by atomic mass is 32.2. The van der Waals surface area contributed by atoms with Crippen LogP contribution in [0.1, 0.15) is 5.69 Å². The third kappa shape index (κ3) is 5.88. The molecule has 1 aliphatic heterocycles. The van der Waals surface area contributed by atoms with Crippen LogP contribution >= 0.6 is 0 Å². The zero-order valence-electron chi connectivity index (χ0n) is 21.1. The molecular weight excluding hydrogens is 505 g/mol. The van der Waals surface area contributed by atoms with Crippen molar-refractivity contribution in [3.63, 3.8) is 0 Å². The summed E-state index contributed by atoms with van der Waals surface area (Å²) in [7, 11) is -2.03. The highest BCUT2D eigenvalue weighted by molar-refractivity contribution is 7.87. The molecule has 1 saturated heterocycles. The van der Waals surface area contributed by atoms with Gasteiger partial charge in [0.1, 0.15) is 17.4 Å². The van der Waals surface area contributed by atoms with E-state index < -0.39 is 10.2 Å². The van der Waals surface area contributed by atoms with Gasteiger partial charge in [0, 0.05) is 56.0 Å². The Balaban J connectivity index is 1.26. The smallest absolute Gasteiger partial charge is 0.279 e. The van der Waals surface area contributed by atoms with E-state index in [1.807, 2.05) is 54.6 Å². The van der Waals surface area contributed by atoms with E-state index in [0.717, 1.165) is 39.8 Å². The number of piperazine rings is 1. The van der Waals surface area contributed by atoms with Crippen molar-refractivity contribution in [2.24, 2.45) is 0 Å². The van der Waals surface area contributed by atoms with Crippen molar-refractivity contribution < 1.29 is 17.5 Å². The molecule has 3 aromatic carbocycles. The van der Waals surface area contributed by atoms with Gasteiger partial charge in [-0.15, -0.1) is 0 Å². The zero-order chi connectivity index (χ0) is 26.5. The number of nitrogens with one attached hydrogen (secondary N) is 2. The fourth-order valence-electron chi connectivity index (χ4n) is 4.55. The Morgan fingerprint density at radius 2 is 1.61 bits per heavy atom. The average molecular weight is 536 g/mol. The Hall–Kier alpha value is -3.73. The monoisotopic (exact) mass is 535 g/mol. The molecule has 1 aromatic heterocycles. The van der Waals surface area contributed by atoms with Crippen molar-refractivity contribution in [2.75, 3.05) is 44.7 Å². The second-order valence-electron chi connectivity index (χ2n) is 9.01. The van der Waals surface area contributed by atoms with Crippen LogP contribution < -0.4 is 14.4 Å². The van der Waals surface area contributed by atoms with Gasteiger partial charge in [-0.2, -0.15) is 12.7 Å². The minimum Gasteiger partial charge on any atom is -0.497 e. The minimum atomic E-state index is -3.66. The fourth-order valence-corrected chi connectivity index (χ4v) is 5.73. The SMILES string of the molecule is COc1ccc(-c2[nH]c(-c3ccccc3)nc2CCNS(=O)(=O)N2CCN(c3ccc(F)cc3)CC2)cc1. The lowest BCUT2D eigenvalue weighted by Gasteiger charge is -2.35. The number of ether oxygens (including phenoxy) is 1. The van der Waals surface area contributed by atoms with E-state index in [0.29, 0.717) is 32.6 Å². The summed E-state index contributed by atoms with van der Waals surface area (Å²) in [6.45, 7) is 1.99. The van der Waals surface area contributed by atoms with Crippen molar-refractivity contribution in [3.05, 3.63) is 90.4 Å².